The second kappa shape index (κ2) is 8.88. The molecule has 0 saturated carbocycles. The van der Waals surface area contributed by atoms with Gasteiger partial charge in [0.1, 0.15) is 6.10 Å². The molecule has 1 N–H and O–H groups in total. The summed E-state index contributed by atoms with van der Waals surface area (Å²) >= 11 is 0. The van der Waals surface area contributed by atoms with Crippen molar-refractivity contribution in [3.8, 4) is 0 Å². The number of aryl methyl sites for hydroxylation is 2. The Balaban J connectivity index is 1.36. The van der Waals surface area contributed by atoms with Crippen LogP contribution in [0.1, 0.15) is 71.0 Å². The first-order valence-electron chi connectivity index (χ1n) is 11.8. The zero-order chi connectivity index (χ0) is 21.2. The van der Waals surface area contributed by atoms with Gasteiger partial charge < -0.3 is 14.6 Å². The number of benzene rings is 2. The van der Waals surface area contributed by atoms with Gasteiger partial charge in [0.15, 0.2) is 0 Å². The number of aromatic nitrogens is 1. The van der Waals surface area contributed by atoms with Gasteiger partial charge in [-0.1, -0.05) is 36.8 Å². The Bertz CT molecular complexity index is 1080. The first kappa shape index (κ1) is 20.3. The summed E-state index contributed by atoms with van der Waals surface area (Å²) in [5.74, 6) is -0.210. The molecule has 2 heterocycles. The number of nitrogens with zero attached hydrogens (tertiary/aromatic N) is 1. The zero-order valence-corrected chi connectivity index (χ0v) is 18.5. The molecular weight excluding hydrogens is 384 g/mol. The van der Waals surface area contributed by atoms with Crippen LogP contribution in [0, 0.1) is 6.92 Å². The van der Waals surface area contributed by atoms with Crippen LogP contribution >= 0.6 is 0 Å². The highest BCUT2D eigenvalue weighted by molar-refractivity contribution is 6.05. The number of likely N-dealkylation sites (tertiary alicyclic amines) is 1. The van der Waals surface area contributed by atoms with Crippen molar-refractivity contribution in [2.75, 3.05) is 19.6 Å². The first-order valence-corrected chi connectivity index (χ1v) is 11.8. The Morgan fingerprint density at radius 2 is 1.94 bits per heavy atom. The molecule has 162 valence electrons. The van der Waals surface area contributed by atoms with Gasteiger partial charge in [-0.15, -0.1) is 0 Å². The Hall–Kier alpha value is -2.59. The lowest BCUT2D eigenvalue weighted by molar-refractivity contribution is 0.0258. The molecule has 1 aliphatic carbocycles. The Kier molecular flexibility index (Phi) is 5.82. The fraction of sp³-hybridized carbons (Fsp3) is 0.444. The normalized spacial score (nSPS) is 19.3. The maximum atomic E-state index is 13.3. The summed E-state index contributed by atoms with van der Waals surface area (Å²) in [5.41, 5.74) is 6.35. The van der Waals surface area contributed by atoms with Crippen molar-refractivity contribution in [2.45, 2.75) is 58.0 Å². The molecule has 0 bridgehead atoms. The molecule has 1 aliphatic heterocycles. The quantitative estimate of drug-likeness (QED) is 0.540. The molecule has 3 aromatic rings. The number of rotatable bonds is 5. The molecule has 2 aromatic carbocycles. The molecule has 4 nitrogen and oxygen atoms in total. The number of ether oxygens (including phenoxy) is 1. The summed E-state index contributed by atoms with van der Waals surface area (Å²) in [6, 6.07) is 14.9. The van der Waals surface area contributed by atoms with Gasteiger partial charge in [0.25, 0.3) is 0 Å². The smallest absolute Gasteiger partial charge is 0.341 e. The van der Waals surface area contributed by atoms with Gasteiger partial charge in [0.2, 0.25) is 0 Å². The number of hydrogen-bond donors (Lipinski definition) is 1. The predicted octanol–water partition coefficient (Wildman–Crippen LogP) is 5.74. The molecule has 0 radical (unpaired) electrons. The molecule has 1 aromatic heterocycles. The van der Waals surface area contributed by atoms with E-state index in [2.05, 4.69) is 46.3 Å². The second-order valence-corrected chi connectivity index (χ2v) is 9.14. The highest BCUT2D eigenvalue weighted by Gasteiger charge is 2.26. The first-order chi connectivity index (χ1) is 15.2. The number of fused-ring (bicyclic) bond motifs is 2. The minimum atomic E-state index is -0.210. The van der Waals surface area contributed by atoms with E-state index in [9.17, 15) is 4.79 Å². The van der Waals surface area contributed by atoms with Crippen LogP contribution in [0.4, 0.5) is 0 Å². The maximum absolute atomic E-state index is 13.3. The number of aromatic amines is 1. The van der Waals surface area contributed by atoms with E-state index in [0.29, 0.717) is 5.56 Å². The zero-order valence-electron chi connectivity index (χ0n) is 18.5. The van der Waals surface area contributed by atoms with Crippen molar-refractivity contribution >= 4 is 16.9 Å². The standard InChI is InChI=1S/C27H32N2O2/c1-19-26(27(30)31-25-11-7-9-21-8-3-4-10-22(21)25)23-18-20(12-13-24(23)28-19)14-17-29-15-5-2-6-16-29/h3-4,8,10,12-13,18,25,28H,2,5-7,9,11,14-17H2,1H3. The monoisotopic (exact) mass is 416 g/mol. The van der Waals surface area contributed by atoms with E-state index in [4.69, 9.17) is 4.74 Å². The van der Waals surface area contributed by atoms with E-state index in [1.54, 1.807) is 0 Å². The number of H-pyrrole nitrogens is 1. The van der Waals surface area contributed by atoms with Gasteiger partial charge in [0.05, 0.1) is 5.56 Å². The number of carbonyl (C=O) groups excluding carboxylic acids is 1. The van der Waals surface area contributed by atoms with E-state index in [1.165, 1.54) is 49.0 Å². The molecule has 1 unspecified atom stereocenters. The second-order valence-electron chi connectivity index (χ2n) is 9.14. The molecule has 5 rings (SSSR count). The van der Waals surface area contributed by atoms with Crippen LogP contribution < -0.4 is 0 Å². The molecule has 0 amide bonds. The summed E-state index contributed by atoms with van der Waals surface area (Å²) in [4.78, 5) is 19.2. The lowest BCUT2D eigenvalue weighted by Gasteiger charge is -2.26. The molecule has 4 heteroatoms. The average Bonchev–Trinajstić information content (AvgIpc) is 3.13. The molecule has 1 atom stereocenters. The van der Waals surface area contributed by atoms with Crippen LogP contribution in [0.5, 0.6) is 0 Å². The predicted molar refractivity (Wildman–Crippen MR) is 125 cm³/mol. The summed E-state index contributed by atoms with van der Waals surface area (Å²) in [5, 5.41) is 0.989. The third kappa shape index (κ3) is 4.27. The van der Waals surface area contributed by atoms with Crippen molar-refractivity contribution in [2.24, 2.45) is 0 Å². The molecule has 31 heavy (non-hydrogen) atoms. The van der Waals surface area contributed by atoms with Gasteiger partial charge >= 0.3 is 5.97 Å². The Labute approximate surface area is 184 Å². The third-order valence-corrected chi connectivity index (χ3v) is 6.98. The summed E-state index contributed by atoms with van der Waals surface area (Å²) in [6.45, 7) is 5.49. The lowest BCUT2D eigenvalue weighted by Crippen LogP contribution is -2.31. The lowest BCUT2D eigenvalue weighted by atomic mass is 9.89. The SMILES string of the molecule is Cc1[nH]c2ccc(CCN3CCCCC3)cc2c1C(=O)OC1CCCc2ccccc21. The van der Waals surface area contributed by atoms with Crippen molar-refractivity contribution in [1.29, 1.82) is 0 Å². The number of hydrogen-bond acceptors (Lipinski definition) is 3. The Morgan fingerprint density at radius 1 is 1.10 bits per heavy atom. The van der Waals surface area contributed by atoms with Crippen molar-refractivity contribution in [1.82, 2.24) is 9.88 Å². The van der Waals surface area contributed by atoms with E-state index < -0.39 is 0 Å². The van der Waals surface area contributed by atoms with Gasteiger partial charge in [-0.2, -0.15) is 0 Å². The minimum absolute atomic E-state index is 0.149. The molecule has 0 spiro atoms. The van der Waals surface area contributed by atoms with Crippen LogP contribution in [0.25, 0.3) is 10.9 Å². The van der Waals surface area contributed by atoms with Crippen LogP contribution in [-0.4, -0.2) is 35.5 Å². The fourth-order valence-corrected chi connectivity index (χ4v) is 5.28. The van der Waals surface area contributed by atoms with Gasteiger partial charge in [-0.3, -0.25) is 0 Å². The summed E-state index contributed by atoms with van der Waals surface area (Å²) in [7, 11) is 0. The van der Waals surface area contributed by atoms with E-state index in [-0.39, 0.29) is 12.1 Å². The van der Waals surface area contributed by atoms with E-state index in [0.717, 1.165) is 48.8 Å². The molecule has 2 aliphatic rings. The van der Waals surface area contributed by atoms with Crippen LogP contribution in [0.3, 0.4) is 0 Å². The highest BCUT2D eigenvalue weighted by atomic mass is 16.5. The number of nitrogens with one attached hydrogen (secondary N) is 1. The number of piperidine rings is 1. The molecular formula is C27H32N2O2. The molecule has 1 fully saturated rings. The Morgan fingerprint density at radius 3 is 2.81 bits per heavy atom. The van der Waals surface area contributed by atoms with E-state index >= 15 is 0 Å². The largest absolute Gasteiger partial charge is 0.454 e. The van der Waals surface area contributed by atoms with Crippen molar-refractivity contribution in [3.05, 3.63) is 70.4 Å². The highest BCUT2D eigenvalue weighted by Crippen LogP contribution is 2.34. The van der Waals surface area contributed by atoms with Gasteiger partial charge in [-0.05, 0) is 87.4 Å². The number of carbonyl (C=O) groups is 1. The topological polar surface area (TPSA) is 45.3 Å². The van der Waals surface area contributed by atoms with Crippen molar-refractivity contribution < 1.29 is 9.53 Å². The average molecular weight is 417 g/mol. The number of esters is 1. The molecule has 1 saturated heterocycles. The fourth-order valence-electron chi connectivity index (χ4n) is 5.28. The van der Waals surface area contributed by atoms with Crippen LogP contribution in [0.15, 0.2) is 42.5 Å². The third-order valence-electron chi connectivity index (χ3n) is 6.98. The van der Waals surface area contributed by atoms with Gasteiger partial charge in [0, 0.05) is 23.1 Å². The summed E-state index contributed by atoms with van der Waals surface area (Å²) < 4.78 is 6.08. The van der Waals surface area contributed by atoms with Crippen LogP contribution in [-0.2, 0) is 17.6 Å². The summed E-state index contributed by atoms with van der Waals surface area (Å²) in [6.07, 6.45) is 7.88. The van der Waals surface area contributed by atoms with E-state index in [1.807, 2.05) is 13.0 Å². The minimum Gasteiger partial charge on any atom is -0.454 e. The van der Waals surface area contributed by atoms with Gasteiger partial charge in [-0.25, -0.2) is 4.79 Å². The van der Waals surface area contributed by atoms with Crippen molar-refractivity contribution in [3.63, 3.8) is 0 Å². The van der Waals surface area contributed by atoms with Crippen LogP contribution in [0.2, 0.25) is 0 Å². The maximum Gasteiger partial charge on any atom is 0.341 e.